The van der Waals surface area contributed by atoms with E-state index in [1.54, 1.807) is 6.20 Å². The second-order valence-corrected chi connectivity index (χ2v) is 5.85. The first kappa shape index (κ1) is 14.8. The minimum absolute atomic E-state index is 0.0477. The van der Waals surface area contributed by atoms with Crippen molar-refractivity contribution in [3.63, 3.8) is 0 Å². The van der Waals surface area contributed by atoms with Gasteiger partial charge in [0.2, 0.25) is 17.7 Å². The Morgan fingerprint density at radius 2 is 2.09 bits per heavy atom. The molecule has 1 aromatic heterocycles. The van der Waals surface area contributed by atoms with Crippen LogP contribution in [0.4, 0.5) is 0 Å². The molecule has 6 heteroatoms. The predicted molar refractivity (Wildman–Crippen MR) is 80.2 cm³/mol. The Morgan fingerprint density at radius 3 is 2.73 bits per heavy atom. The average molecular weight is 303 g/mol. The van der Waals surface area contributed by atoms with Crippen molar-refractivity contribution in [2.45, 2.75) is 31.8 Å². The van der Waals surface area contributed by atoms with Crippen LogP contribution in [0, 0.1) is 5.92 Å². The molecule has 118 valence electrons. The van der Waals surface area contributed by atoms with Gasteiger partial charge in [-0.05, 0) is 12.5 Å². The van der Waals surface area contributed by atoms with Crippen molar-refractivity contribution in [1.82, 2.24) is 15.2 Å². The number of carbonyl (C=O) groups is 2. The number of rotatable bonds is 3. The van der Waals surface area contributed by atoms with Crippen molar-refractivity contribution in [1.29, 1.82) is 0 Å². The second-order valence-electron chi connectivity index (χ2n) is 5.85. The summed E-state index contributed by atoms with van der Waals surface area (Å²) in [5, 5.41) is 2.77. The highest BCUT2D eigenvalue weighted by atomic mass is 16.5. The zero-order valence-electron chi connectivity index (χ0n) is 12.5. The summed E-state index contributed by atoms with van der Waals surface area (Å²) in [5.74, 6) is 0.788. The van der Waals surface area contributed by atoms with E-state index < -0.39 is 0 Å². The summed E-state index contributed by atoms with van der Waals surface area (Å²) < 4.78 is 5.84. The van der Waals surface area contributed by atoms with Gasteiger partial charge in [0.25, 0.3) is 0 Å². The Balaban J connectivity index is 1.47. The molecule has 0 radical (unpaired) electrons. The van der Waals surface area contributed by atoms with Crippen LogP contribution in [-0.2, 0) is 9.59 Å². The lowest BCUT2D eigenvalue weighted by Gasteiger charge is -2.35. The first-order chi connectivity index (χ1) is 10.7. The number of likely N-dealkylation sites (tertiary alicyclic amines) is 1. The van der Waals surface area contributed by atoms with Crippen LogP contribution in [0.5, 0.6) is 5.88 Å². The number of amides is 2. The molecule has 2 fully saturated rings. The van der Waals surface area contributed by atoms with Crippen molar-refractivity contribution in [3.8, 4) is 5.88 Å². The van der Waals surface area contributed by atoms with Crippen LogP contribution in [0.15, 0.2) is 24.4 Å². The molecule has 6 nitrogen and oxygen atoms in total. The molecule has 2 aliphatic rings. The Labute approximate surface area is 129 Å². The highest BCUT2D eigenvalue weighted by Gasteiger charge is 2.31. The molecule has 1 atom stereocenters. The molecule has 3 heterocycles. The first-order valence-electron chi connectivity index (χ1n) is 7.85. The summed E-state index contributed by atoms with van der Waals surface area (Å²) >= 11 is 0. The Kier molecular flexibility index (Phi) is 4.56. The molecule has 0 aromatic carbocycles. The van der Waals surface area contributed by atoms with Gasteiger partial charge in [-0.1, -0.05) is 6.07 Å². The number of pyridine rings is 1. The van der Waals surface area contributed by atoms with E-state index in [0.29, 0.717) is 38.4 Å². The van der Waals surface area contributed by atoms with Crippen LogP contribution in [0.2, 0.25) is 0 Å². The predicted octanol–water partition coefficient (Wildman–Crippen LogP) is 0.978. The number of piperidine rings is 2. The molecule has 2 aliphatic heterocycles. The molecule has 1 N–H and O–H groups in total. The van der Waals surface area contributed by atoms with E-state index in [9.17, 15) is 9.59 Å². The highest BCUT2D eigenvalue weighted by Crippen LogP contribution is 2.20. The molecular formula is C16H21N3O3. The van der Waals surface area contributed by atoms with Gasteiger partial charge in [0.15, 0.2) is 0 Å². The third kappa shape index (κ3) is 3.55. The summed E-state index contributed by atoms with van der Waals surface area (Å²) in [5.41, 5.74) is 0. The maximum absolute atomic E-state index is 12.4. The fourth-order valence-corrected chi connectivity index (χ4v) is 2.98. The summed E-state index contributed by atoms with van der Waals surface area (Å²) in [6, 6.07) is 5.61. The van der Waals surface area contributed by atoms with Gasteiger partial charge < -0.3 is 15.0 Å². The largest absolute Gasteiger partial charge is 0.474 e. The monoisotopic (exact) mass is 303 g/mol. The zero-order chi connectivity index (χ0) is 15.4. The number of hydrogen-bond donors (Lipinski definition) is 1. The molecule has 0 bridgehead atoms. The number of carbonyl (C=O) groups excluding carboxylic acids is 2. The lowest BCUT2D eigenvalue weighted by Crippen LogP contribution is -2.48. The number of nitrogens with one attached hydrogen (secondary N) is 1. The Hall–Kier alpha value is -2.11. The minimum atomic E-state index is -0.0639. The molecular weight excluding hydrogens is 282 g/mol. The normalized spacial score (nSPS) is 23.0. The van der Waals surface area contributed by atoms with Gasteiger partial charge >= 0.3 is 0 Å². The van der Waals surface area contributed by atoms with Gasteiger partial charge in [-0.25, -0.2) is 4.98 Å². The highest BCUT2D eigenvalue weighted by molar-refractivity contribution is 5.83. The zero-order valence-corrected chi connectivity index (χ0v) is 12.5. The molecule has 2 amide bonds. The molecule has 3 rings (SSSR count). The molecule has 2 saturated heterocycles. The number of hydrogen-bond acceptors (Lipinski definition) is 4. The molecule has 0 saturated carbocycles. The standard InChI is InChI=1S/C16H21N3O3/c20-14-5-4-12(11-18-14)16(21)19-9-6-13(7-10-19)22-15-3-1-2-8-17-15/h1-3,8,12-13H,4-7,9-11H2,(H,18,20). The quantitative estimate of drug-likeness (QED) is 0.903. The van der Waals surface area contributed by atoms with E-state index in [2.05, 4.69) is 10.3 Å². The van der Waals surface area contributed by atoms with Crippen LogP contribution in [0.25, 0.3) is 0 Å². The smallest absolute Gasteiger partial charge is 0.227 e. The maximum Gasteiger partial charge on any atom is 0.227 e. The van der Waals surface area contributed by atoms with Gasteiger partial charge in [-0.3, -0.25) is 9.59 Å². The van der Waals surface area contributed by atoms with E-state index >= 15 is 0 Å². The fourth-order valence-electron chi connectivity index (χ4n) is 2.98. The van der Waals surface area contributed by atoms with Gasteiger partial charge in [-0.15, -0.1) is 0 Å². The van der Waals surface area contributed by atoms with Gasteiger partial charge in [0.1, 0.15) is 6.10 Å². The van der Waals surface area contributed by atoms with Crippen molar-refractivity contribution in [2.75, 3.05) is 19.6 Å². The van der Waals surface area contributed by atoms with Gasteiger partial charge in [-0.2, -0.15) is 0 Å². The van der Waals surface area contributed by atoms with Gasteiger partial charge in [0.05, 0.1) is 5.92 Å². The SMILES string of the molecule is O=C1CCC(C(=O)N2CCC(Oc3ccccn3)CC2)CN1. The third-order valence-corrected chi connectivity index (χ3v) is 4.29. The van der Waals surface area contributed by atoms with Crippen molar-refractivity contribution in [2.24, 2.45) is 5.92 Å². The lowest BCUT2D eigenvalue weighted by molar-refractivity contribution is -0.139. The lowest BCUT2D eigenvalue weighted by atomic mass is 9.96. The van der Waals surface area contributed by atoms with Crippen LogP contribution >= 0.6 is 0 Å². The van der Waals surface area contributed by atoms with Crippen molar-refractivity contribution >= 4 is 11.8 Å². The minimum Gasteiger partial charge on any atom is -0.474 e. The van der Waals surface area contributed by atoms with E-state index in [-0.39, 0.29) is 23.8 Å². The Morgan fingerprint density at radius 1 is 1.27 bits per heavy atom. The van der Waals surface area contributed by atoms with Gasteiger partial charge in [0, 0.05) is 51.2 Å². The number of ether oxygens (including phenoxy) is 1. The summed E-state index contributed by atoms with van der Waals surface area (Å²) in [7, 11) is 0. The molecule has 22 heavy (non-hydrogen) atoms. The van der Waals surface area contributed by atoms with Crippen LogP contribution < -0.4 is 10.1 Å². The number of aromatic nitrogens is 1. The average Bonchev–Trinajstić information content (AvgIpc) is 2.57. The maximum atomic E-state index is 12.4. The molecule has 0 spiro atoms. The molecule has 1 unspecified atom stereocenters. The second kappa shape index (κ2) is 6.77. The fraction of sp³-hybridized carbons (Fsp3) is 0.562. The van der Waals surface area contributed by atoms with E-state index in [4.69, 9.17) is 4.74 Å². The van der Waals surface area contributed by atoms with Crippen molar-refractivity contribution < 1.29 is 14.3 Å². The van der Waals surface area contributed by atoms with Crippen molar-refractivity contribution in [3.05, 3.63) is 24.4 Å². The summed E-state index contributed by atoms with van der Waals surface area (Å²) in [6.07, 6.45) is 4.59. The van der Waals surface area contributed by atoms with E-state index in [1.807, 2.05) is 23.1 Å². The van der Waals surface area contributed by atoms with E-state index in [0.717, 1.165) is 12.8 Å². The molecule has 0 aliphatic carbocycles. The van der Waals surface area contributed by atoms with E-state index in [1.165, 1.54) is 0 Å². The third-order valence-electron chi connectivity index (χ3n) is 4.29. The van der Waals surface area contributed by atoms with Crippen LogP contribution in [0.3, 0.4) is 0 Å². The summed E-state index contributed by atoms with van der Waals surface area (Å²) in [6.45, 7) is 1.89. The molecule has 1 aromatic rings. The first-order valence-corrected chi connectivity index (χ1v) is 7.85. The summed E-state index contributed by atoms with van der Waals surface area (Å²) in [4.78, 5) is 29.7. The number of nitrogens with zero attached hydrogens (tertiary/aromatic N) is 2. The van der Waals surface area contributed by atoms with Crippen LogP contribution in [-0.4, -0.2) is 47.4 Å². The Bertz CT molecular complexity index is 517. The van der Waals surface area contributed by atoms with Crippen LogP contribution in [0.1, 0.15) is 25.7 Å². The topological polar surface area (TPSA) is 71.5 Å².